The van der Waals surface area contributed by atoms with Crippen molar-refractivity contribution < 1.29 is 82.4 Å². The topological polar surface area (TPSA) is 184 Å². The van der Waals surface area contributed by atoms with Crippen LogP contribution < -0.4 is 4.74 Å². The molecule has 2 aliphatic rings. The third kappa shape index (κ3) is 12.3. The zero-order chi connectivity index (χ0) is 35.6. The fourth-order valence-corrected chi connectivity index (χ4v) is 6.32. The number of carboxylic acid groups (broad SMARTS) is 3. The first-order valence-electron chi connectivity index (χ1n) is 12.2. The third-order valence-corrected chi connectivity index (χ3v) is 8.59. The summed E-state index contributed by atoms with van der Waals surface area (Å²) in [5.41, 5.74) is 0.967. The van der Waals surface area contributed by atoms with Gasteiger partial charge in [-0.2, -0.15) is 39.5 Å². The van der Waals surface area contributed by atoms with E-state index in [1.807, 2.05) is 30.3 Å². The van der Waals surface area contributed by atoms with Crippen molar-refractivity contribution >= 4 is 27.7 Å². The minimum Gasteiger partial charge on any atom is -0.477 e. The van der Waals surface area contributed by atoms with E-state index in [1.54, 1.807) is 18.5 Å². The van der Waals surface area contributed by atoms with Gasteiger partial charge in [0.2, 0.25) is 5.88 Å². The highest BCUT2D eigenvalue weighted by Gasteiger charge is 2.61. The van der Waals surface area contributed by atoms with E-state index in [2.05, 4.69) is 14.9 Å². The van der Waals surface area contributed by atoms with E-state index >= 15 is 0 Å². The number of alkyl halides is 9. The molecule has 46 heavy (non-hydrogen) atoms. The highest BCUT2D eigenvalue weighted by atomic mass is 32.2. The fourth-order valence-electron chi connectivity index (χ4n) is 3.87. The minimum atomic E-state index is -5.08. The standard InChI is InChI=1S/C18H21N3O3S.3C2HF3O2/c22-25(23)10-7-15(12-24-17-6-2-4-9-20-17)18(25)13-21(14-18)11-16-5-1-3-8-19-16;3*3-2(4,5)1(6)7/h1-6,8-9,15H,7,10-14H2;3*(H,6,7). The van der Waals surface area contributed by atoms with Crippen LogP contribution in [0.4, 0.5) is 39.5 Å². The maximum absolute atomic E-state index is 12.7. The smallest absolute Gasteiger partial charge is 0.477 e. The van der Waals surface area contributed by atoms with Crippen LogP contribution in [0.2, 0.25) is 0 Å². The van der Waals surface area contributed by atoms with Crippen LogP contribution in [-0.4, -0.2) is 105 Å². The minimum absolute atomic E-state index is 0.0134. The summed E-state index contributed by atoms with van der Waals surface area (Å²) in [7, 11) is -3.09. The molecular formula is C24H24F9N3O9S. The van der Waals surface area contributed by atoms with Gasteiger partial charge in [-0.1, -0.05) is 12.1 Å². The van der Waals surface area contributed by atoms with E-state index in [9.17, 15) is 47.9 Å². The number of aliphatic carboxylic acids is 3. The lowest BCUT2D eigenvalue weighted by Crippen LogP contribution is -2.67. The summed E-state index contributed by atoms with van der Waals surface area (Å²) in [6, 6.07) is 11.3. The van der Waals surface area contributed by atoms with Gasteiger partial charge >= 0.3 is 36.4 Å². The molecule has 1 atom stereocenters. The van der Waals surface area contributed by atoms with E-state index in [4.69, 9.17) is 34.4 Å². The normalized spacial score (nSPS) is 18.2. The predicted octanol–water partition coefficient (Wildman–Crippen LogP) is 3.44. The predicted molar refractivity (Wildman–Crippen MR) is 135 cm³/mol. The number of sulfone groups is 1. The van der Waals surface area contributed by atoms with Crippen molar-refractivity contribution in [1.82, 2.24) is 14.9 Å². The van der Waals surface area contributed by atoms with Gasteiger partial charge in [-0.25, -0.2) is 27.8 Å². The molecule has 3 N–H and O–H groups in total. The zero-order valence-electron chi connectivity index (χ0n) is 22.9. The van der Waals surface area contributed by atoms with Crippen LogP contribution in [0.15, 0.2) is 48.8 Å². The largest absolute Gasteiger partial charge is 0.490 e. The van der Waals surface area contributed by atoms with Crippen LogP contribution >= 0.6 is 0 Å². The van der Waals surface area contributed by atoms with Crippen LogP contribution in [0.5, 0.6) is 5.88 Å². The number of carbonyl (C=O) groups is 3. The molecule has 2 aliphatic heterocycles. The summed E-state index contributed by atoms with van der Waals surface area (Å²) in [5.74, 6) is -7.46. The molecule has 2 fully saturated rings. The van der Waals surface area contributed by atoms with Gasteiger partial charge < -0.3 is 20.1 Å². The van der Waals surface area contributed by atoms with Gasteiger partial charge in [-0.15, -0.1) is 0 Å². The van der Waals surface area contributed by atoms with E-state index < -0.39 is 51.0 Å². The Morgan fingerprint density at radius 1 is 0.804 bits per heavy atom. The number of aromatic nitrogens is 2. The molecule has 2 aromatic heterocycles. The Kier molecular flexibility index (Phi) is 13.7. The van der Waals surface area contributed by atoms with Crippen molar-refractivity contribution in [1.29, 1.82) is 0 Å². The van der Waals surface area contributed by atoms with Crippen LogP contribution in [-0.2, 0) is 30.8 Å². The van der Waals surface area contributed by atoms with Crippen LogP contribution in [0.25, 0.3) is 0 Å². The number of halogens is 9. The lowest BCUT2D eigenvalue weighted by Gasteiger charge is -2.49. The quantitative estimate of drug-likeness (QED) is 0.387. The average Bonchev–Trinajstić information content (AvgIpc) is 3.18. The van der Waals surface area contributed by atoms with Gasteiger partial charge in [0.15, 0.2) is 9.84 Å². The van der Waals surface area contributed by atoms with Crippen molar-refractivity contribution in [2.45, 2.75) is 36.2 Å². The van der Waals surface area contributed by atoms with Crippen LogP contribution in [0.3, 0.4) is 0 Å². The molecule has 0 aliphatic carbocycles. The van der Waals surface area contributed by atoms with Crippen LogP contribution in [0.1, 0.15) is 12.1 Å². The molecule has 0 amide bonds. The number of likely N-dealkylation sites (tertiary alicyclic amines) is 1. The molecule has 4 heterocycles. The van der Waals surface area contributed by atoms with E-state index in [1.165, 1.54) is 0 Å². The Balaban J connectivity index is 0.000000413. The SMILES string of the molecule is O=C(O)C(F)(F)F.O=C(O)C(F)(F)F.O=C(O)C(F)(F)F.O=S1(=O)CCC(COc2ccccn2)C12CN(Cc1ccccn1)C2. The Hall–Kier alpha value is -4.21. The van der Waals surface area contributed by atoms with Gasteiger partial charge in [0.1, 0.15) is 4.75 Å². The Morgan fingerprint density at radius 3 is 1.61 bits per heavy atom. The number of nitrogens with zero attached hydrogens (tertiary/aromatic N) is 3. The first-order valence-corrected chi connectivity index (χ1v) is 13.9. The number of pyridine rings is 2. The summed E-state index contributed by atoms with van der Waals surface area (Å²) in [6.45, 7) is 2.20. The summed E-state index contributed by atoms with van der Waals surface area (Å²) >= 11 is 0. The maximum atomic E-state index is 12.7. The van der Waals surface area contributed by atoms with Crippen molar-refractivity contribution in [3.05, 3.63) is 54.5 Å². The van der Waals surface area contributed by atoms with Crippen molar-refractivity contribution in [3.8, 4) is 5.88 Å². The van der Waals surface area contributed by atoms with E-state index in [0.717, 1.165) is 5.69 Å². The molecule has 1 unspecified atom stereocenters. The number of carboxylic acids is 3. The van der Waals surface area contributed by atoms with Gasteiger partial charge in [0, 0.05) is 44.0 Å². The van der Waals surface area contributed by atoms with Crippen molar-refractivity contribution in [3.63, 3.8) is 0 Å². The Labute approximate surface area is 253 Å². The van der Waals surface area contributed by atoms with Gasteiger partial charge in [0.25, 0.3) is 0 Å². The molecule has 0 saturated carbocycles. The molecule has 2 saturated heterocycles. The monoisotopic (exact) mass is 701 g/mol. The van der Waals surface area contributed by atoms with Gasteiger partial charge in [0.05, 0.1) is 18.1 Å². The van der Waals surface area contributed by atoms with E-state index in [0.29, 0.717) is 38.5 Å². The molecule has 0 bridgehead atoms. The number of hydrogen-bond acceptors (Lipinski definition) is 9. The third-order valence-electron chi connectivity index (χ3n) is 5.99. The lowest BCUT2D eigenvalue weighted by atomic mass is 9.83. The first-order chi connectivity index (χ1) is 20.9. The van der Waals surface area contributed by atoms with Crippen molar-refractivity contribution in [2.75, 3.05) is 25.4 Å². The van der Waals surface area contributed by atoms with E-state index in [-0.39, 0.29) is 11.7 Å². The number of ether oxygens (including phenoxy) is 1. The summed E-state index contributed by atoms with van der Waals surface area (Å²) in [4.78, 5) is 37.3. The molecule has 4 rings (SSSR count). The fraction of sp³-hybridized carbons (Fsp3) is 0.458. The molecular weight excluding hydrogens is 677 g/mol. The summed E-state index contributed by atoms with van der Waals surface area (Å²) < 4.78 is 126. The average molecular weight is 702 g/mol. The molecule has 0 aromatic carbocycles. The Bertz CT molecular complexity index is 1340. The second-order valence-electron chi connectivity index (χ2n) is 9.22. The molecule has 12 nitrogen and oxygen atoms in total. The number of rotatable bonds is 5. The highest BCUT2D eigenvalue weighted by molar-refractivity contribution is 7.93. The second kappa shape index (κ2) is 15.9. The molecule has 22 heteroatoms. The molecule has 1 spiro atoms. The van der Waals surface area contributed by atoms with Gasteiger partial charge in [-0.3, -0.25) is 9.88 Å². The molecule has 0 radical (unpaired) electrons. The molecule has 2 aromatic rings. The lowest BCUT2D eigenvalue weighted by molar-refractivity contribution is -0.193. The zero-order valence-corrected chi connectivity index (χ0v) is 23.7. The summed E-state index contributed by atoms with van der Waals surface area (Å²) in [5, 5.41) is 21.4. The Morgan fingerprint density at radius 2 is 1.24 bits per heavy atom. The van der Waals surface area contributed by atoms with Gasteiger partial charge in [-0.05, 0) is 24.6 Å². The first kappa shape index (κ1) is 39.8. The maximum Gasteiger partial charge on any atom is 0.490 e. The molecule has 258 valence electrons. The summed E-state index contributed by atoms with van der Waals surface area (Å²) in [6.07, 6.45) is -11.2. The second-order valence-corrected chi connectivity index (χ2v) is 11.7. The number of hydrogen-bond donors (Lipinski definition) is 3. The van der Waals surface area contributed by atoms with Crippen molar-refractivity contribution in [2.24, 2.45) is 5.92 Å². The van der Waals surface area contributed by atoms with Crippen LogP contribution in [0, 0.1) is 5.92 Å². The highest BCUT2D eigenvalue weighted by Crippen LogP contribution is 2.45.